The van der Waals surface area contributed by atoms with E-state index in [-0.39, 0.29) is 12.0 Å². The van der Waals surface area contributed by atoms with Gasteiger partial charge in [-0.15, -0.1) is 5.10 Å². The first-order valence-corrected chi connectivity index (χ1v) is 12.4. The number of allylic oxidation sites excluding steroid dienone is 2. The molecule has 0 N–H and O–H groups in total. The van der Waals surface area contributed by atoms with Gasteiger partial charge in [0.05, 0.1) is 32.3 Å². The van der Waals surface area contributed by atoms with Gasteiger partial charge in [-0.3, -0.25) is 4.79 Å². The van der Waals surface area contributed by atoms with Gasteiger partial charge in [0.1, 0.15) is 17.5 Å². The number of rotatable bonds is 5. The van der Waals surface area contributed by atoms with E-state index in [0.29, 0.717) is 42.9 Å². The van der Waals surface area contributed by atoms with Crippen molar-refractivity contribution in [1.29, 1.82) is 0 Å². The average Bonchev–Trinajstić information content (AvgIpc) is 3.63. The highest BCUT2D eigenvalue weighted by Crippen LogP contribution is 2.37. The summed E-state index contributed by atoms with van der Waals surface area (Å²) in [5.41, 5.74) is 4.43. The summed E-state index contributed by atoms with van der Waals surface area (Å²) in [6.07, 6.45) is 10.0. The molecule has 0 saturated carbocycles. The highest BCUT2D eigenvalue weighted by molar-refractivity contribution is 5.80. The smallest absolute Gasteiger partial charge is 0.238 e. The molecule has 2 atom stereocenters. The molecule has 36 heavy (non-hydrogen) atoms. The van der Waals surface area contributed by atoms with Crippen molar-refractivity contribution < 1.29 is 14.3 Å². The van der Waals surface area contributed by atoms with Gasteiger partial charge in [-0.25, -0.2) is 19.6 Å². The Hall–Kier alpha value is -3.79. The van der Waals surface area contributed by atoms with E-state index in [2.05, 4.69) is 24.1 Å². The summed E-state index contributed by atoms with van der Waals surface area (Å²) in [5.74, 6) is 2.24. The third-order valence-electron chi connectivity index (χ3n) is 6.99. The van der Waals surface area contributed by atoms with Gasteiger partial charge in [0.2, 0.25) is 11.8 Å². The number of pyridine rings is 1. The van der Waals surface area contributed by atoms with Crippen LogP contribution in [0.15, 0.2) is 48.1 Å². The Bertz CT molecular complexity index is 1390. The van der Waals surface area contributed by atoms with E-state index in [1.165, 1.54) is 0 Å². The summed E-state index contributed by atoms with van der Waals surface area (Å²) in [7, 11) is 1.60. The van der Waals surface area contributed by atoms with Crippen molar-refractivity contribution in [2.24, 2.45) is 5.92 Å². The van der Waals surface area contributed by atoms with E-state index in [9.17, 15) is 4.79 Å². The van der Waals surface area contributed by atoms with E-state index in [0.717, 1.165) is 47.9 Å². The van der Waals surface area contributed by atoms with Crippen molar-refractivity contribution in [2.45, 2.75) is 45.8 Å². The van der Waals surface area contributed by atoms with E-state index >= 15 is 0 Å². The van der Waals surface area contributed by atoms with Crippen LogP contribution in [0.25, 0.3) is 17.2 Å². The van der Waals surface area contributed by atoms with Gasteiger partial charge in [-0.1, -0.05) is 13.0 Å². The number of amides is 1. The lowest BCUT2D eigenvalue weighted by molar-refractivity contribution is -0.126. The van der Waals surface area contributed by atoms with Gasteiger partial charge < -0.3 is 18.9 Å². The summed E-state index contributed by atoms with van der Waals surface area (Å²) in [6.45, 7) is 6.05. The number of ether oxygens (including phenoxy) is 2. The van der Waals surface area contributed by atoms with Crippen LogP contribution in [0.1, 0.15) is 43.8 Å². The van der Waals surface area contributed by atoms with Crippen molar-refractivity contribution in [3.8, 4) is 23.1 Å². The normalized spacial score (nSPS) is 21.9. The van der Waals surface area contributed by atoms with Crippen LogP contribution >= 0.6 is 0 Å². The van der Waals surface area contributed by atoms with Gasteiger partial charge in [0, 0.05) is 24.9 Å². The minimum Gasteiger partial charge on any atom is -0.479 e. The van der Waals surface area contributed by atoms with Crippen LogP contribution in [0.4, 0.5) is 0 Å². The van der Waals surface area contributed by atoms with Crippen LogP contribution in [0.5, 0.6) is 5.88 Å². The SMILES string of the molecule is COc1nc(-c2nc3n(n2)CCOC3C2=CCC(C)C(N3CCCC3=O)=C2)ccc1-n1cnc(C)c1. The zero-order valence-electron chi connectivity index (χ0n) is 20.7. The second-order valence-electron chi connectivity index (χ2n) is 9.47. The monoisotopic (exact) mass is 487 g/mol. The summed E-state index contributed by atoms with van der Waals surface area (Å²) >= 11 is 0. The lowest BCUT2D eigenvalue weighted by atomic mass is 9.91. The van der Waals surface area contributed by atoms with Crippen LogP contribution in [0, 0.1) is 12.8 Å². The molecule has 10 nitrogen and oxygen atoms in total. The van der Waals surface area contributed by atoms with E-state index in [1.54, 1.807) is 13.4 Å². The number of imidazole rings is 1. The highest BCUT2D eigenvalue weighted by atomic mass is 16.5. The van der Waals surface area contributed by atoms with Crippen molar-refractivity contribution in [3.05, 3.63) is 59.6 Å². The minimum absolute atomic E-state index is 0.207. The number of carbonyl (C=O) groups excluding carboxylic acids is 1. The number of carbonyl (C=O) groups is 1. The second kappa shape index (κ2) is 9.02. The topological polar surface area (TPSA) is 100 Å². The predicted molar refractivity (Wildman–Crippen MR) is 131 cm³/mol. The molecule has 2 aliphatic heterocycles. The van der Waals surface area contributed by atoms with E-state index in [1.807, 2.05) is 39.4 Å². The van der Waals surface area contributed by atoms with Crippen LogP contribution in [0.2, 0.25) is 0 Å². The number of hydrogen-bond acceptors (Lipinski definition) is 7. The van der Waals surface area contributed by atoms with Crippen LogP contribution in [0.3, 0.4) is 0 Å². The lowest BCUT2D eigenvalue weighted by Crippen LogP contribution is -2.30. The molecule has 0 bridgehead atoms. The number of methoxy groups -OCH3 is 1. The summed E-state index contributed by atoms with van der Waals surface area (Å²) < 4.78 is 15.6. The third kappa shape index (κ3) is 3.91. The Morgan fingerprint density at radius 1 is 1.19 bits per heavy atom. The molecule has 0 radical (unpaired) electrons. The molecule has 0 spiro atoms. The van der Waals surface area contributed by atoms with E-state index in [4.69, 9.17) is 24.5 Å². The first-order valence-electron chi connectivity index (χ1n) is 12.4. The molecule has 186 valence electrons. The Balaban J connectivity index is 1.32. The first kappa shape index (κ1) is 22.7. The highest BCUT2D eigenvalue weighted by Gasteiger charge is 2.33. The molecule has 1 aliphatic carbocycles. The quantitative estimate of drug-likeness (QED) is 0.544. The minimum atomic E-state index is -0.338. The maximum atomic E-state index is 12.4. The summed E-state index contributed by atoms with van der Waals surface area (Å²) in [5, 5.41) is 4.75. The van der Waals surface area contributed by atoms with Gasteiger partial charge in [0.15, 0.2) is 11.6 Å². The molecule has 1 saturated heterocycles. The number of aromatic nitrogens is 6. The number of fused-ring (bicyclic) bond motifs is 1. The maximum Gasteiger partial charge on any atom is 0.238 e. The molecule has 5 heterocycles. The third-order valence-corrected chi connectivity index (χ3v) is 6.99. The zero-order valence-corrected chi connectivity index (χ0v) is 20.7. The average molecular weight is 488 g/mol. The molecule has 0 aromatic carbocycles. The summed E-state index contributed by atoms with van der Waals surface area (Å²) in [4.78, 5) is 28.2. The van der Waals surface area contributed by atoms with Crippen molar-refractivity contribution in [2.75, 3.05) is 20.3 Å². The summed E-state index contributed by atoms with van der Waals surface area (Å²) in [6, 6.07) is 3.83. The first-order chi connectivity index (χ1) is 17.5. The largest absolute Gasteiger partial charge is 0.479 e. The van der Waals surface area contributed by atoms with Gasteiger partial charge >= 0.3 is 0 Å². The van der Waals surface area contributed by atoms with Crippen molar-refractivity contribution in [1.82, 2.24) is 34.2 Å². The van der Waals surface area contributed by atoms with Crippen molar-refractivity contribution in [3.63, 3.8) is 0 Å². The second-order valence-corrected chi connectivity index (χ2v) is 9.47. The molecular formula is C26H29N7O3. The predicted octanol–water partition coefficient (Wildman–Crippen LogP) is 3.39. The molecule has 2 unspecified atom stereocenters. The van der Waals surface area contributed by atoms with Crippen LogP contribution in [-0.2, 0) is 16.1 Å². The number of likely N-dealkylation sites (tertiary alicyclic amines) is 1. The molecule has 3 aliphatic rings. The Morgan fingerprint density at radius 3 is 2.83 bits per heavy atom. The molecule has 10 heteroatoms. The van der Waals surface area contributed by atoms with Crippen LogP contribution in [-0.4, -0.2) is 60.4 Å². The number of aryl methyl sites for hydroxylation is 1. The molecule has 1 amide bonds. The lowest BCUT2D eigenvalue weighted by Gasteiger charge is -2.31. The fourth-order valence-electron chi connectivity index (χ4n) is 5.11. The maximum absolute atomic E-state index is 12.4. The standard InChI is InChI=1S/C26H29N7O3/c1-16-6-7-18(13-21(16)32-10-4-5-22(32)34)23-25-29-24(30-33(25)11-12-36-23)19-8-9-20(26(28-19)35-3)31-14-17(2)27-15-31/h7-9,13-16,23H,4-6,10-12H2,1-3H3. The molecule has 3 aromatic heterocycles. The van der Waals surface area contributed by atoms with Gasteiger partial charge in [0.25, 0.3) is 0 Å². The fraction of sp³-hybridized carbons (Fsp3) is 0.423. The van der Waals surface area contributed by atoms with Gasteiger partial charge in [-0.2, -0.15) is 0 Å². The molecule has 6 rings (SSSR count). The Labute approximate surface area is 209 Å². The number of nitrogens with zero attached hydrogens (tertiary/aromatic N) is 7. The van der Waals surface area contributed by atoms with E-state index < -0.39 is 0 Å². The molecular weight excluding hydrogens is 458 g/mol. The molecule has 1 fully saturated rings. The van der Waals surface area contributed by atoms with Crippen molar-refractivity contribution >= 4 is 5.91 Å². The van der Waals surface area contributed by atoms with Gasteiger partial charge in [-0.05, 0) is 49.5 Å². The molecule has 3 aromatic rings. The Morgan fingerprint density at radius 2 is 2.08 bits per heavy atom. The zero-order chi connectivity index (χ0) is 24.8. The fourth-order valence-corrected chi connectivity index (χ4v) is 5.11. The Kier molecular flexibility index (Phi) is 5.67. The number of hydrogen-bond donors (Lipinski definition) is 0. The van der Waals surface area contributed by atoms with Crippen LogP contribution < -0.4 is 4.74 Å².